The fraction of sp³-hybridized carbons (Fsp3) is 0.174. The van der Waals surface area contributed by atoms with Gasteiger partial charge in [-0.3, -0.25) is 4.55 Å². The van der Waals surface area contributed by atoms with Crippen LogP contribution in [0, 0.1) is 11.3 Å². The number of para-hydroxylation sites is 2. The molecule has 0 aliphatic rings. The van der Waals surface area contributed by atoms with Gasteiger partial charge in [0.15, 0.2) is 0 Å². The molecule has 0 saturated carbocycles. The van der Waals surface area contributed by atoms with Gasteiger partial charge in [0, 0.05) is 24.5 Å². The van der Waals surface area contributed by atoms with Crippen molar-refractivity contribution in [3.63, 3.8) is 0 Å². The quantitative estimate of drug-likeness (QED) is 0.403. The second kappa shape index (κ2) is 11.6. The molecule has 0 radical (unpaired) electrons. The lowest BCUT2D eigenvalue weighted by atomic mass is 10.2. The number of hydrogen-bond acceptors (Lipinski definition) is 6. The number of nitrogens with zero attached hydrogens (tertiary/aromatic N) is 2. The molecule has 0 saturated heterocycles. The molecule has 31 heavy (non-hydrogen) atoms. The highest BCUT2D eigenvalue weighted by Crippen LogP contribution is 2.30. The zero-order valence-corrected chi connectivity index (χ0v) is 18.0. The number of nitriles is 1. The van der Waals surface area contributed by atoms with Gasteiger partial charge < -0.3 is 15.4 Å². The summed E-state index contributed by atoms with van der Waals surface area (Å²) in [4.78, 5) is 1.84. The maximum atomic E-state index is 11.2. The molecule has 3 aromatic carbocycles. The summed E-state index contributed by atoms with van der Waals surface area (Å²) in [5.74, 6) is 0.491. The van der Waals surface area contributed by atoms with Gasteiger partial charge in [0.05, 0.1) is 12.5 Å². The first-order valence-electron chi connectivity index (χ1n) is 9.62. The summed E-state index contributed by atoms with van der Waals surface area (Å²) in [5.41, 5.74) is 6.91. The zero-order valence-electron chi connectivity index (χ0n) is 17.2. The van der Waals surface area contributed by atoms with Crippen molar-refractivity contribution in [2.24, 2.45) is 0 Å². The molecule has 0 fully saturated rings. The van der Waals surface area contributed by atoms with Crippen molar-refractivity contribution in [2.75, 3.05) is 23.7 Å². The number of anilines is 2. The van der Waals surface area contributed by atoms with Gasteiger partial charge in [-0.15, -0.1) is 0 Å². The Labute approximate surface area is 183 Å². The molecular weight excluding hydrogens is 414 g/mol. The first-order valence-corrected chi connectivity index (χ1v) is 11.1. The normalized spacial score (nSPS) is 10.4. The summed E-state index contributed by atoms with van der Waals surface area (Å²) in [6.07, 6.45) is 0.586. The molecule has 162 valence electrons. The molecule has 0 aliphatic heterocycles. The van der Waals surface area contributed by atoms with Crippen molar-refractivity contribution in [3.05, 3.63) is 78.9 Å². The number of hydrogen-bond donors (Lipinski definition) is 2. The fourth-order valence-corrected chi connectivity index (χ4v) is 3.37. The summed E-state index contributed by atoms with van der Waals surface area (Å²) in [5, 5.41) is 8.48. The van der Waals surface area contributed by atoms with E-state index < -0.39 is 10.1 Å². The Morgan fingerprint density at radius 2 is 1.65 bits per heavy atom. The number of nitrogen functional groups attached to an aromatic ring is 1. The summed E-state index contributed by atoms with van der Waals surface area (Å²) in [6, 6.07) is 25.0. The Bertz CT molecular complexity index is 1100. The van der Waals surface area contributed by atoms with Crippen molar-refractivity contribution < 1.29 is 17.7 Å². The highest BCUT2D eigenvalue weighted by Gasteiger charge is 2.17. The average Bonchev–Trinajstić information content (AvgIpc) is 2.77. The molecule has 3 aromatic rings. The van der Waals surface area contributed by atoms with Gasteiger partial charge in [-0.2, -0.15) is 13.7 Å². The maximum Gasteiger partial charge on any atom is 0.298 e. The van der Waals surface area contributed by atoms with Crippen LogP contribution in [0.2, 0.25) is 0 Å². The third kappa shape index (κ3) is 7.66. The monoisotopic (exact) mass is 439 g/mol. The van der Waals surface area contributed by atoms with Gasteiger partial charge in [0.2, 0.25) is 0 Å². The van der Waals surface area contributed by atoms with Gasteiger partial charge in [-0.05, 0) is 49.4 Å². The van der Waals surface area contributed by atoms with Gasteiger partial charge in [-0.1, -0.05) is 36.4 Å². The zero-order chi connectivity index (χ0) is 22.7. The van der Waals surface area contributed by atoms with Crippen LogP contribution in [0.25, 0.3) is 0 Å². The van der Waals surface area contributed by atoms with Crippen molar-refractivity contribution in [1.82, 2.24) is 0 Å². The minimum atomic E-state index is -4.38. The van der Waals surface area contributed by atoms with E-state index in [1.807, 2.05) is 18.2 Å². The molecule has 0 unspecified atom stereocenters. The average molecular weight is 440 g/mol. The van der Waals surface area contributed by atoms with Crippen molar-refractivity contribution in [2.45, 2.75) is 18.2 Å². The van der Waals surface area contributed by atoms with E-state index in [0.717, 1.165) is 19.2 Å². The van der Waals surface area contributed by atoms with E-state index in [9.17, 15) is 8.42 Å². The summed E-state index contributed by atoms with van der Waals surface area (Å²) in [6.45, 7) is 3.87. The second-order valence-corrected chi connectivity index (χ2v) is 7.81. The topological polar surface area (TPSA) is 117 Å². The number of nitrogens with two attached hydrogens (primary N) is 1. The standard InChI is InChI=1S/C12H11NO4S.C11H14N2/c13-9-6-7-11(12(8-9)18(14,15)16)17-10-4-2-1-3-5-10;1-2-13(10-6-9-12)11-7-4-3-5-8-11/h1-8H,13H2,(H,14,15,16);3-5,7-8H,2,6,10H2,1H3. The van der Waals surface area contributed by atoms with Crippen LogP contribution in [0.3, 0.4) is 0 Å². The van der Waals surface area contributed by atoms with Crippen molar-refractivity contribution in [1.29, 1.82) is 5.26 Å². The summed E-state index contributed by atoms with van der Waals surface area (Å²) < 4.78 is 36.9. The lowest BCUT2D eigenvalue weighted by molar-refractivity contribution is 0.450. The SMILES string of the molecule is CCN(CCC#N)c1ccccc1.Nc1ccc(Oc2ccccc2)c(S(=O)(=O)O)c1. The molecule has 3 rings (SSSR count). The van der Waals surface area contributed by atoms with Gasteiger partial charge >= 0.3 is 0 Å². The smallest absolute Gasteiger partial charge is 0.298 e. The third-order valence-electron chi connectivity index (χ3n) is 4.21. The van der Waals surface area contributed by atoms with E-state index in [-0.39, 0.29) is 16.3 Å². The molecule has 8 heteroatoms. The predicted octanol–water partition coefficient (Wildman–Crippen LogP) is 4.73. The molecule has 0 bridgehead atoms. The molecule has 0 heterocycles. The highest BCUT2D eigenvalue weighted by molar-refractivity contribution is 7.86. The lowest BCUT2D eigenvalue weighted by Crippen LogP contribution is -2.23. The first kappa shape index (κ1) is 23.7. The van der Waals surface area contributed by atoms with Crippen LogP contribution < -0.4 is 15.4 Å². The molecule has 0 atom stereocenters. The second-order valence-electron chi connectivity index (χ2n) is 6.42. The van der Waals surface area contributed by atoms with Crippen molar-refractivity contribution in [3.8, 4) is 17.6 Å². The van der Waals surface area contributed by atoms with Gasteiger partial charge in [0.1, 0.15) is 16.4 Å². The Morgan fingerprint density at radius 1 is 1.03 bits per heavy atom. The minimum absolute atomic E-state index is 0.0258. The third-order valence-corrected chi connectivity index (χ3v) is 5.09. The molecule has 0 aromatic heterocycles. The Balaban J connectivity index is 0.000000233. The molecule has 0 amide bonds. The molecule has 7 nitrogen and oxygen atoms in total. The van der Waals surface area contributed by atoms with E-state index >= 15 is 0 Å². The Morgan fingerprint density at radius 3 is 2.19 bits per heavy atom. The van der Waals surface area contributed by atoms with Crippen LogP contribution in [0.15, 0.2) is 83.8 Å². The van der Waals surface area contributed by atoms with Crippen LogP contribution >= 0.6 is 0 Å². The largest absolute Gasteiger partial charge is 0.456 e. The summed E-state index contributed by atoms with van der Waals surface area (Å²) >= 11 is 0. The molecule has 3 N–H and O–H groups in total. The van der Waals surface area contributed by atoms with Crippen LogP contribution in [0.4, 0.5) is 11.4 Å². The number of ether oxygens (including phenoxy) is 1. The Hall–Kier alpha value is -3.54. The van der Waals surface area contributed by atoms with E-state index in [1.54, 1.807) is 30.3 Å². The lowest BCUT2D eigenvalue weighted by Gasteiger charge is -2.21. The van der Waals surface area contributed by atoms with E-state index in [0.29, 0.717) is 12.2 Å². The Kier molecular flexibility index (Phi) is 8.88. The molecule has 0 aliphatic carbocycles. The maximum absolute atomic E-state index is 11.2. The highest BCUT2D eigenvalue weighted by atomic mass is 32.2. The molecule has 0 spiro atoms. The van der Waals surface area contributed by atoms with Crippen molar-refractivity contribution >= 4 is 21.5 Å². The van der Waals surface area contributed by atoms with Crippen LogP contribution in [-0.4, -0.2) is 26.1 Å². The van der Waals surface area contributed by atoms with Gasteiger partial charge in [-0.25, -0.2) is 0 Å². The first-order chi connectivity index (χ1) is 14.8. The fourth-order valence-electron chi connectivity index (χ4n) is 2.72. The predicted molar refractivity (Wildman–Crippen MR) is 122 cm³/mol. The van der Waals surface area contributed by atoms with Crippen LogP contribution in [-0.2, 0) is 10.1 Å². The number of rotatable bonds is 7. The minimum Gasteiger partial charge on any atom is -0.456 e. The van der Waals surface area contributed by atoms with E-state index in [1.165, 1.54) is 17.8 Å². The van der Waals surface area contributed by atoms with Gasteiger partial charge in [0.25, 0.3) is 10.1 Å². The summed E-state index contributed by atoms with van der Waals surface area (Å²) in [7, 11) is -4.38. The van der Waals surface area contributed by atoms with Crippen LogP contribution in [0.5, 0.6) is 11.5 Å². The number of benzene rings is 3. The molecular formula is C23H25N3O4S. The van der Waals surface area contributed by atoms with Crippen LogP contribution in [0.1, 0.15) is 13.3 Å². The van der Waals surface area contributed by atoms with E-state index in [4.69, 9.17) is 20.3 Å². The van der Waals surface area contributed by atoms with E-state index in [2.05, 4.69) is 30.0 Å².